The third kappa shape index (κ3) is 5.40. The Morgan fingerprint density at radius 3 is 2.32 bits per heavy atom. The number of ether oxygens (including phenoxy) is 1. The standard InChI is InChI=1S/C23H17Cl2N5O6S/c1-2-36-23(33)15-5-3-4-6-16(15)30-21(31)19(25)20(22(30)32)26-13-7-9-14(10-8-13)37(34,35)29-18-12-11-17(24)27-28-18/h3-12,26H,2H2,1H3,(H,28,29). The minimum atomic E-state index is -4.00. The summed E-state index contributed by atoms with van der Waals surface area (Å²) in [6.45, 7) is 1.74. The summed E-state index contributed by atoms with van der Waals surface area (Å²) in [6, 6.07) is 14.0. The molecule has 4 rings (SSSR count). The number of hydrogen-bond donors (Lipinski definition) is 2. The number of para-hydroxylation sites is 1. The van der Waals surface area contributed by atoms with E-state index < -0.39 is 32.8 Å². The number of nitrogens with one attached hydrogen (secondary N) is 2. The number of rotatable bonds is 8. The van der Waals surface area contributed by atoms with Gasteiger partial charge in [0.2, 0.25) is 0 Å². The highest BCUT2D eigenvalue weighted by Gasteiger charge is 2.40. The third-order valence-electron chi connectivity index (χ3n) is 4.97. The second-order valence-corrected chi connectivity index (χ2v) is 9.82. The first kappa shape index (κ1) is 26.1. The molecule has 37 heavy (non-hydrogen) atoms. The quantitative estimate of drug-likeness (QED) is 0.311. The summed E-state index contributed by atoms with van der Waals surface area (Å²) < 4.78 is 32.5. The van der Waals surface area contributed by atoms with Crippen molar-refractivity contribution < 1.29 is 27.5 Å². The molecule has 2 amide bonds. The van der Waals surface area contributed by atoms with Crippen molar-refractivity contribution in [2.45, 2.75) is 11.8 Å². The van der Waals surface area contributed by atoms with Crippen LogP contribution in [0.1, 0.15) is 17.3 Å². The van der Waals surface area contributed by atoms with Gasteiger partial charge in [0.1, 0.15) is 10.7 Å². The van der Waals surface area contributed by atoms with Crippen LogP contribution < -0.4 is 14.9 Å². The van der Waals surface area contributed by atoms with E-state index in [4.69, 9.17) is 27.9 Å². The molecule has 2 N–H and O–H groups in total. The van der Waals surface area contributed by atoms with Crippen LogP contribution in [0, 0.1) is 0 Å². The van der Waals surface area contributed by atoms with Crippen molar-refractivity contribution in [2.24, 2.45) is 0 Å². The fraction of sp³-hybridized carbons (Fsp3) is 0.0870. The van der Waals surface area contributed by atoms with E-state index in [9.17, 15) is 22.8 Å². The molecule has 1 aliphatic heterocycles. The number of anilines is 3. The maximum atomic E-state index is 13.1. The average Bonchev–Trinajstić information content (AvgIpc) is 3.08. The maximum absolute atomic E-state index is 13.1. The summed E-state index contributed by atoms with van der Waals surface area (Å²) in [5, 5.41) is 9.67. The zero-order chi connectivity index (χ0) is 26.7. The van der Waals surface area contributed by atoms with E-state index in [0.29, 0.717) is 0 Å². The van der Waals surface area contributed by atoms with E-state index in [-0.39, 0.29) is 45.1 Å². The van der Waals surface area contributed by atoms with Gasteiger partial charge in [0.15, 0.2) is 11.0 Å². The fourth-order valence-corrected chi connectivity index (χ4v) is 4.62. The average molecular weight is 562 g/mol. The Morgan fingerprint density at radius 2 is 1.68 bits per heavy atom. The number of benzene rings is 2. The lowest BCUT2D eigenvalue weighted by atomic mass is 10.1. The predicted octanol–water partition coefficient (Wildman–Crippen LogP) is 3.54. The third-order valence-corrected chi connectivity index (χ3v) is 6.90. The Bertz CT molecular complexity index is 1530. The highest BCUT2D eigenvalue weighted by Crippen LogP contribution is 2.32. The Labute approximate surface area is 221 Å². The lowest BCUT2D eigenvalue weighted by Crippen LogP contribution is -2.33. The minimum Gasteiger partial charge on any atom is -0.462 e. The zero-order valence-corrected chi connectivity index (χ0v) is 21.3. The number of carbonyl (C=O) groups is 3. The molecule has 0 atom stereocenters. The number of amides is 2. The van der Waals surface area contributed by atoms with Gasteiger partial charge < -0.3 is 10.1 Å². The van der Waals surface area contributed by atoms with Crippen LogP contribution in [0.2, 0.25) is 5.15 Å². The molecule has 0 radical (unpaired) electrons. The van der Waals surface area contributed by atoms with Gasteiger partial charge in [-0.3, -0.25) is 14.3 Å². The second-order valence-electron chi connectivity index (χ2n) is 7.37. The van der Waals surface area contributed by atoms with E-state index in [1.165, 1.54) is 48.5 Å². The van der Waals surface area contributed by atoms with Crippen molar-refractivity contribution in [1.82, 2.24) is 10.2 Å². The summed E-state index contributed by atoms with van der Waals surface area (Å²) in [7, 11) is -4.00. The Kier molecular flexibility index (Phi) is 7.43. The highest BCUT2D eigenvalue weighted by atomic mass is 35.5. The molecule has 0 bridgehead atoms. The minimum absolute atomic E-state index is 0.0173. The number of hydrogen-bond acceptors (Lipinski definition) is 9. The van der Waals surface area contributed by atoms with Crippen LogP contribution in [0.4, 0.5) is 17.2 Å². The Morgan fingerprint density at radius 1 is 0.973 bits per heavy atom. The van der Waals surface area contributed by atoms with Crippen molar-refractivity contribution in [1.29, 1.82) is 0 Å². The van der Waals surface area contributed by atoms with E-state index in [0.717, 1.165) is 4.90 Å². The van der Waals surface area contributed by atoms with E-state index in [1.54, 1.807) is 19.1 Å². The number of carbonyl (C=O) groups excluding carboxylic acids is 3. The van der Waals surface area contributed by atoms with Gasteiger partial charge in [-0.1, -0.05) is 35.3 Å². The molecule has 11 nitrogen and oxygen atoms in total. The van der Waals surface area contributed by atoms with Crippen molar-refractivity contribution in [3.05, 3.63) is 82.1 Å². The lowest BCUT2D eigenvalue weighted by Gasteiger charge is -2.18. The topological polar surface area (TPSA) is 148 Å². The van der Waals surface area contributed by atoms with E-state index in [2.05, 4.69) is 20.2 Å². The normalized spacial score (nSPS) is 13.6. The monoisotopic (exact) mass is 561 g/mol. The molecule has 0 saturated carbocycles. The highest BCUT2D eigenvalue weighted by molar-refractivity contribution is 7.92. The first-order valence-electron chi connectivity index (χ1n) is 10.6. The van der Waals surface area contributed by atoms with Crippen LogP contribution in [0.15, 0.2) is 76.3 Å². The zero-order valence-electron chi connectivity index (χ0n) is 18.9. The molecule has 0 aliphatic carbocycles. The molecule has 1 aliphatic rings. The van der Waals surface area contributed by atoms with Crippen LogP contribution >= 0.6 is 23.2 Å². The fourth-order valence-electron chi connectivity index (χ4n) is 3.31. The lowest BCUT2D eigenvalue weighted by molar-refractivity contribution is -0.120. The number of sulfonamides is 1. The van der Waals surface area contributed by atoms with Gasteiger partial charge in [0, 0.05) is 5.69 Å². The first-order chi connectivity index (χ1) is 17.6. The molecule has 14 heteroatoms. The Hall–Kier alpha value is -4.00. The van der Waals surface area contributed by atoms with Crippen LogP contribution in [0.5, 0.6) is 0 Å². The number of aromatic nitrogens is 2. The van der Waals surface area contributed by atoms with E-state index >= 15 is 0 Å². The summed E-state index contributed by atoms with van der Waals surface area (Å²) in [5.41, 5.74) is 0.0727. The predicted molar refractivity (Wildman–Crippen MR) is 136 cm³/mol. The maximum Gasteiger partial charge on any atom is 0.340 e. The number of esters is 1. The van der Waals surface area contributed by atoms with Gasteiger partial charge in [-0.15, -0.1) is 10.2 Å². The van der Waals surface area contributed by atoms with Crippen LogP contribution in [0.3, 0.4) is 0 Å². The van der Waals surface area contributed by atoms with Crippen LogP contribution in [-0.2, 0) is 24.3 Å². The molecule has 2 aromatic carbocycles. The number of imide groups is 1. The van der Waals surface area contributed by atoms with Gasteiger partial charge >= 0.3 is 5.97 Å². The first-order valence-corrected chi connectivity index (χ1v) is 12.8. The van der Waals surface area contributed by atoms with Crippen molar-refractivity contribution >= 4 is 68.2 Å². The Balaban J connectivity index is 1.54. The molecular formula is C23H17Cl2N5O6S. The molecule has 0 unspecified atom stereocenters. The van der Waals surface area contributed by atoms with Gasteiger partial charge in [0.25, 0.3) is 21.8 Å². The molecular weight excluding hydrogens is 545 g/mol. The summed E-state index contributed by atoms with van der Waals surface area (Å²) in [5.74, 6) is -2.36. The van der Waals surface area contributed by atoms with Crippen molar-refractivity contribution in [3.63, 3.8) is 0 Å². The van der Waals surface area contributed by atoms with Gasteiger partial charge in [-0.2, -0.15) is 0 Å². The van der Waals surface area contributed by atoms with Crippen LogP contribution in [-0.4, -0.2) is 43.0 Å². The molecule has 190 valence electrons. The van der Waals surface area contributed by atoms with Crippen LogP contribution in [0.25, 0.3) is 0 Å². The molecule has 0 fully saturated rings. The second kappa shape index (κ2) is 10.5. The molecule has 1 aromatic heterocycles. The largest absolute Gasteiger partial charge is 0.462 e. The molecule has 0 saturated heterocycles. The summed E-state index contributed by atoms with van der Waals surface area (Å²) in [6.07, 6.45) is 0. The molecule has 2 heterocycles. The molecule has 3 aromatic rings. The summed E-state index contributed by atoms with van der Waals surface area (Å²) in [4.78, 5) is 39.0. The smallest absolute Gasteiger partial charge is 0.340 e. The van der Waals surface area contributed by atoms with Gasteiger partial charge in [0.05, 0.1) is 22.8 Å². The number of nitrogens with zero attached hydrogens (tertiary/aromatic N) is 3. The SMILES string of the molecule is CCOC(=O)c1ccccc1N1C(=O)C(Cl)=C(Nc2ccc(S(=O)(=O)Nc3ccc(Cl)nn3)cc2)C1=O. The molecule has 0 spiro atoms. The van der Waals surface area contributed by atoms with Gasteiger partial charge in [-0.05, 0) is 55.5 Å². The van der Waals surface area contributed by atoms with E-state index in [1.807, 2.05) is 0 Å². The van der Waals surface area contributed by atoms with Gasteiger partial charge in [-0.25, -0.2) is 18.1 Å². The number of halogens is 2. The van der Waals surface area contributed by atoms with Crippen molar-refractivity contribution in [3.8, 4) is 0 Å². The van der Waals surface area contributed by atoms with Crippen molar-refractivity contribution in [2.75, 3.05) is 21.5 Å². The summed E-state index contributed by atoms with van der Waals surface area (Å²) >= 11 is 11.8.